The predicted octanol–water partition coefficient (Wildman–Crippen LogP) is 2.62. The maximum atomic E-state index is 13.0. The Kier molecular flexibility index (Phi) is 5.32. The van der Waals surface area contributed by atoms with E-state index in [1.807, 2.05) is 6.26 Å². The molecule has 0 aliphatic heterocycles. The average molecular weight is 241 g/mol. The van der Waals surface area contributed by atoms with E-state index in [1.54, 1.807) is 24.8 Å². The lowest BCUT2D eigenvalue weighted by atomic mass is 10.1. The molecule has 0 aliphatic rings. The molecule has 0 unspecified atom stereocenters. The third-order valence-corrected chi connectivity index (χ3v) is 2.81. The van der Waals surface area contributed by atoms with Gasteiger partial charge in [0, 0.05) is 12.1 Å². The van der Waals surface area contributed by atoms with E-state index in [2.05, 4.69) is 5.32 Å². The molecule has 1 aromatic rings. The van der Waals surface area contributed by atoms with Gasteiger partial charge in [0.15, 0.2) is 0 Å². The topological polar surface area (TPSA) is 29.1 Å². The Morgan fingerprint density at radius 2 is 2.19 bits per heavy atom. The first-order valence-electron chi connectivity index (χ1n) is 5.18. The maximum absolute atomic E-state index is 13.0. The van der Waals surface area contributed by atoms with Crippen molar-refractivity contribution in [3.05, 3.63) is 35.1 Å². The quantitative estimate of drug-likeness (QED) is 0.803. The Hall–Kier alpha value is -1.03. The Bertz CT molecular complexity index is 348. The molecule has 0 fully saturated rings. The van der Waals surface area contributed by atoms with E-state index in [0.717, 1.165) is 17.7 Å². The highest BCUT2D eigenvalue weighted by atomic mass is 32.2. The third-order valence-electron chi connectivity index (χ3n) is 2.12. The van der Waals surface area contributed by atoms with Gasteiger partial charge in [-0.05, 0) is 49.1 Å². The molecule has 0 saturated heterocycles. The number of hydrogen-bond donors (Lipinski definition) is 1. The highest BCUT2D eigenvalue weighted by Gasteiger charge is 2.06. The summed E-state index contributed by atoms with van der Waals surface area (Å²) < 4.78 is 13.0. The molecular formula is C12H16FNOS. The lowest BCUT2D eigenvalue weighted by Gasteiger charge is -2.05. The second-order valence-corrected chi connectivity index (χ2v) is 4.61. The number of aryl methyl sites for hydroxylation is 1. The second kappa shape index (κ2) is 6.53. The van der Waals surface area contributed by atoms with Crippen molar-refractivity contribution in [2.75, 3.05) is 18.6 Å². The number of rotatable bonds is 5. The van der Waals surface area contributed by atoms with Gasteiger partial charge in [0.2, 0.25) is 0 Å². The van der Waals surface area contributed by atoms with Crippen LogP contribution in [0.25, 0.3) is 0 Å². The number of carbonyl (C=O) groups excluding carboxylic acids is 1. The van der Waals surface area contributed by atoms with E-state index in [-0.39, 0.29) is 11.7 Å². The van der Waals surface area contributed by atoms with E-state index in [9.17, 15) is 9.18 Å². The first-order valence-corrected chi connectivity index (χ1v) is 6.57. The molecule has 88 valence electrons. The van der Waals surface area contributed by atoms with Crippen LogP contribution in [-0.4, -0.2) is 24.5 Å². The minimum atomic E-state index is -0.366. The Morgan fingerprint density at radius 1 is 1.44 bits per heavy atom. The van der Waals surface area contributed by atoms with Crippen molar-refractivity contribution >= 4 is 17.7 Å². The molecule has 1 aromatic carbocycles. The van der Waals surface area contributed by atoms with Gasteiger partial charge in [0.1, 0.15) is 5.82 Å². The third kappa shape index (κ3) is 4.23. The van der Waals surface area contributed by atoms with Gasteiger partial charge in [-0.3, -0.25) is 4.79 Å². The zero-order valence-corrected chi connectivity index (χ0v) is 10.4. The molecule has 0 bridgehead atoms. The van der Waals surface area contributed by atoms with Gasteiger partial charge < -0.3 is 5.32 Å². The average Bonchev–Trinajstić information content (AvgIpc) is 2.22. The molecule has 1 amide bonds. The van der Waals surface area contributed by atoms with Crippen LogP contribution in [0.2, 0.25) is 0 Å². The summed E-state index contributed by atoms with van der Waals surface area (Å²) in [4.78, 5) is 11.6. The number of benzene rings is 1. The highest BCUT2D eigenvalue weighted by Crippen LogP contribution is 2.08. The Labute approximate surface area is 99.6 Å². The van der Waals surface area contributed by atoms with Gasteiger partial charge in [-0.25, -0.2) is 4.39 Å². The molecule has 0 aliphatic carbocycles. The number of amides is 1. The van der Waals surface area contributed by atoms with Gasteiger partial charge in [0.05, 0.1) is 0 Å². The molecule has 0 radical (unpaired) electrons. The largest absolute Gasteiger partial charge is 0.352 e. The standard InChI is InChI=1S/C12H16FNOS/c1-9-6-10(8-11(13)7-9)12(15)14-4-3-5-16-2/h6-8H,3-5H2,1-2H3,(H,14,15). The van der Waals surface area contributed by atoms with Crippen molar-refractivity contribution in [2.45, 2.75) is 13.3 Å². The van der Waals surface area contributed by atoms with Gasteiger partial charge in [-0.15, -0.1) is 0 Å². The zero-order chi connectivity index (χ0) is 12.0. The number of halogens is 1. The van der Waals surface area contributed by atoms with E-state index >= 15 is 0 Å². The minimum absolute atomic E-state index is 0.205. The first-order chi connectivity index (χ1) is 7.63. The predicted molar refractivity (Wildman–Crippen MR) is 66.5 cm³/mol. The van der Waals surface area contributed by atoms with Crippen LogP contribution >= 0.6 is 11.8 Å². The summed E-state index contributed by atoms with van der Waals surface area (Å²) in [5.74, 6) is 0.445. The fourth-order valence-corrected chi connectivity index (χ4v) is 1.82. The summed E-state index contributed by atoms with van der Waals surface area (Å²) in [7, 11) is 0. The van der Waals surface area contributed by atoms with Crippen LogP contribution in [0.1, 0.15) is 22.3 Å². The van der Waals surface area contributed by atoms with E-state index < -0.39 is 0 Å². The fourth-order valence-electron chi connectivity index (χ4n) is 1.39. The van der Waals surface area contributed by atoms with Crippen molar-refractivity contribution in [2.24, 2.45) is 0 Å². The summed E-state index contributed by atoms with van der Waals surface area (Å²) in [5.41, 5.74) is 1.15. The number of nitrogens with one attached hydrogen (secondary N) is 1. The Morgan fingerprint density at radius 3 is 2.81 bits per heavy atom. The zero-order valence-electron chi connectivity index (χ0n) is 9.55. The van der Waals surface area contributed by atoms with Crippen LogP contribution in [0.15, 0.2) is 18.2 Å². The molecule has 2 nitrogen and oxygen atoms in total. The van der Waals surface area contributed by atoms with Crippen LogP contribution in [-0.2, 0) is 0 Å². The SMILES string of the molecule is CSCCCNC(=O)c1cc(C)cc(F)c1. The smallest absolute Gasteiger partial charge is 0.251 e. The number of hydrogen-bond acceptors (Lipinski definition) is 2. The molecule has 0 atom stereocenters. The van der Waals surface area contributed by atoms with E-state index in [4.69, 9.17) is 0 Å². The normalized spacial score (nSPS) is 10.2. The van der Waals surface area contributed by atoms with Crippen molar-refractivity contribution in [1.82, 2.24) is 5.32 Å². The lowest BCUT2D eigenvalue weighted by Crippen LogP contribution is -2.25. The van der Waals surface area contributed by atoms with Crippen LogP contribution in [0.3, 0.4) is 0 Å². The van der Waals surface area contributed by atoms with Crippen molar-refractivity contribution in [1.29, 1.82) is 0 Å². The van der Waals surface area contributed by atoms with Gasteiger partial charge in [-0.1, -0.05) is 0 Å². The van der Waals surface area contributed by atoms with Gasteiger partial charge >= 0.3 is 0 Å². The van der Waals surface area contributed by atoms with Crippen molar-refractivity contribution in [3.8, 4) is 0 Å². The summed E-state index contributed by atoms with van der Waals surface area (Å²) in [5, 5.41) is 2.77. The summed E-state index contributed by atoms with van der Waals surface area (Å²) in [6.45, 7) is 2.41. The van der Waals surface area contributed by atoms with Gasteiger partial charge in [-0.2, -0.15) is 11.8 Å². The van der Waals surface area contributed by atoms with Crippen molar-refractivity contribution < 1.29 is 9.18 Å². The monoisotopic (exact) mass is 241 g/mol. The number of carbonyl (C=O) groups is 1. The van der Waals surface area contributed by atoms with Crippen LogP contribution < -0.4 is 5.32 Å². The van der Waals surface area contributed by atoms with Crippen LogP contribution in [0.4, 0.5) is 4.39 Å². The first kappa shape index (κ1) is 13.0. The molecule has 1 N–H and O–H groups in total. The van der Waals surface area contributed by atoms with Gasteiger partial charge in [0.25, 0.3) is 5.91 Å². The van der Waals surface area contributed by atoms with E-state index in [1.165, 1.54) is 12.1 Å². The van der Waals surface area contributed by atoms with Crippen LogP contribution in [0, 0.1) is 12.7 Å². The van der Waals surface area contributed by atoms with Crippen molar-refractivity contribution in [3.63, 3.8) is 0 Å². The molecule has 0 heterocycles. The van der Waals surface area contributed by atoms with Crippen LogP contribution in [0.5, 0.6) is 0 Å². The molecule has 4 heteroatoms. The minimum Gasteiger partial charge on any atom is -0.352 e. The maximum Gasteiger partial charge on any atom is 0.251 e. The molecule has 0 aromatic heterocycles. The number of thioether (sulfide) groups is 1. The molecule has 1 rings (SSSR count). The van der Waals surface area contributed by atoms with E-state index in [0.29, 0.717) is 12.1 Å². The Balaban J connectivity index is 2.52. The fraction of sp³-hybridized carbons (Fsp3) is 0.417. The lowest BCUT2D eigenvalue weighted by molar-refractivity contribution is 0.0953. The second-order valence-electron chi connectivity index (χ2n) is 3.62. The molecule has 0 saturated carbocycles. The molecule has 0 spiro atoms. The summed E-state index contributed by atoms with van der Waals surface area (Å²) in [6.07, 6.45) is 2.96. The molecule has 16 heavy (non-hydrogen) atoms. The summed E-state index contributed by atoms with van der Waals surface area (Å²) >= 11 is 1.74. The molecular weight excluding hydrogens is 225 g/mol. The summed E-state index contributed by atoms with van der Waals surface area (Å²) in [6, 6.07) is 4.36. The highest BCUT2D eigenvalue weighted by molar-refractivity contribution is 7.98.